The smallest absolute Gasteiger partial charge is 0.315 e. The largest absolute Gasteiger partial charge is 0.337 e. The summed E-state index contributed by atoms with van der Waals surface area (Å²) in [5.74, 6) is 0.483. The molecule has 0 aliphatic rings. The van der Waals surface area contributed by atoms with Crippen molar-refractivity contribution in [3.63, 3.8) is 0 Å². The second-order valence-electron chi connectivity index (χ2n) is 6.03. The monoisotopic (exact) mass is 310 g/mol. The highest BCUT2D eigenvalue weighted by Gasteiger charge is 2.23. The van der Waals surface area contributed by atoms with E-state index >= 15 is 0 Å². The zero-order valence-electron chi connectivity index (χ0n) is 13.3. The summed E-state index contributed by atoms with van der Waals surface area (Å²) < 4.78 is 10.9. The minimum absolute atomic E-state index is 0.00112. The molecule has 2 N–H and O–H groups in total. The summed E-state index contributed by atoms with van der Waals surface area (Å²) in [5.41, 5.74) is 1.26. The molecule has 1 rings (SSSR count). The van der Waals surface area contributed by atoms with Gasteiger partial charge in [-0.2, -0.15) is 0 Å². The third-order valence-electron chi connectivity index (χ3n) is 3.42. The summed E-state index contributed by atoms with van der Waals surface area (Å²) in [7, 11) is -0.878. The lowest BCUT2D eigenvalue weighted by atomic mass is 9.79. The number of carbonyl (C=O) groups is 1. The molecule has 0 spiro atoms. The van der Waals surface area contributed by atoms with Crippen LogP contribution in [0.5, 0.6) is 0 Å². The first-order chi connectivity index (χ1) is 9.81. The van der Waals surface area contributed by atoms with Crippen molar-refractivity contribution in [1.82, 2.24) is 10.6 Å². The van der Waals surface area contributed by atoms with E-state index in [-0.39, 0.29) is 17.5 Å². The Kier molecular flexibility index (Phi) is 6.89. The maximum atomic E-state index is 11.7. The quantitative estimate of drug-likeness (QED) is 0.812. The van der Waals surface area contributed by atoms with Gasteiger partial charge in [0.15, 0.2) is 0 Å². The third-order valence-corrected chi connectivity index (χ3v) is 4.20. The first-order valence-electron chi connectivity index (χ1n) is 7.21. The van der Waals surface area contributed by atoms with Crippen LogP contribution in [0.2, 0.25) is 0 Å². The van der Waals surface area contributed by atoms with E-state index in [9.17, 15) is 9.00 Å². The minimum Gasteiger partial charge on any atom is -0.337 e. The number of benzene rings is 1. The molecule has 5 heteroatoms. The predicted octanol–water partition coefficient (Wildman–Crippen LogP) is 2.42. The van der Waals surface area contributed by atoms with Crippen molar-refractivity contribution in [2.75, 3.05) is 18.6 Å². The standard InChI is InChI=1S/C16H26N2O2S/c1-13(18-15(19)17-10-11-21(4)20)12-16(2,3)14-8-6-5-7-9-14/h5-9,13H,10-12H2,1-4H3,(H2,17,18,19)/t13-,21-/m1/s1. The second-order valence-corrected chi connectivity index (χ2v) is 7.59. The van der Waals surface area contributed by atoms with E-state index in [1.165, 1.54) is 5.56 Å². The van der Waals surface area contributed by atoms with Crippen LogP contribution in [-0.2, 0) is 16.2 Å². The molecule has 2 atom stereocenters. The van der Waals surface area contributed by atoms with Crippen molar-refractivity contribution in [3.05, 3.63) is 35.9 Å². The van der Waals surface area contributed by atoms with Crippen LogP contribution in [-0.4, -0.2) is 34.8 Å². The first kappa shape index (κ1) is 17.7. The average Bonchev–Trinajstić information content (AvgIpc) is 2.38. The van der Waals surface area contributed by atoms with E-state index in [2.05, 4.69) is 36.6 Å². The van der Waals surface area contributed by atoms with E-state index in [0.717, 1.165) is 6.42 Å². The van der Waals surface area contributed by atoms with Crippen molar-refractivity contribution in [1.29, 1.82) is 0 Å². The molecule has 0 aromatic heterocycles. The van der Waals surface area contributed by atoms with Gasteiger partial charge in [-0.25, -0.2) is 4.79 Å². The molecule has 4 nitrogen and oxygen atoms in total. The Morgan fingerprint density at radius 1 is 1.29 bits per heavy atom. The van der Waals surface area contributed by atoms with Crippen LogP contribution in [0.4, 0.5) is 4.79 Å². The van der Waals surface area contributed by atoms with Crippen molar-refractivity contribution in [3.8, 4) is 0 Å². The second kappa shape index (κ2) is 8.17. The molecule has 0 unspecified atom stereocenters. The number of rotatable bonds is 7. The zero-order valence-corrected chi connectivity index (χ0v) is 14.1. The lowest BCUT2D eigenvalue weighted by Crippen LogP contribution is -2.44. The Hall–Kier alpha value is -1.36. The molecule has 0 bridgehead atoms. The highest BCUT2D eigenvalue weighted by molar-refractivity contribution is 7.84. The van der Waals surface area contributed by atoms with Crippen LogP contribution < -0.4 is 10.6 Å². The maximum Gasteiger partial charge on any atom is 0.315 e. The molecule has 21 heavy (non-hydrogen) atoms. The summed E-state index contributed by atoms with van der Waals surface area (Å²) in [5, 5.41) is 5.66. The van der Waals surface area contributed by atoms with E-state index < -0.39 is 10.8 Å². The Morgan fingerprint density at radius 3 is 2.48 bits per heavy atom. The lowest BCUT2D eigenvalue weighted by Gasteiger charge is -2.29. The number of hydrogen-bond donors (Lipinski definition) is 2. The van der Waals surface area contributed by atoms with Gasteiger partial charge in [-0.15, -0.1) is 0 Å². The molecule has 118 valence electrons. The van der Waals surface area contributed by atoms with Crippen LogP contribution in [0.1, 0.15) is 32.8 Å². The summed E-state index contributed by atoms with van der Waals surface area (Å²) in [6.07, 6.45) is 2.48. The van der Waals surface area contributed by atoms with Gasteiger partial charge in [0.1, 0.15) is 0 Å². The zero-order chi connectivity index (χ0) is 15.9. The van der Waals surface area contributed by atoms with Crippen molar-refractivity contribution >= 4 is 16.8 Å². The summed E-state index contributed by atoms with van der Waals surface area (Å²) >= 11 is 0. The fourth-order valence-corrected chi connectivity index (χ4v) is 2.80. The molecular formula is C16H26N2O2S. The minimum atomic E-state index is -0.878. The van der Waals surface area contributed by atoms with E-state index in [1.807, 2.05) is 25.1 Å². The highest BCUT2D eigenvalue weighted by atomic mass is 32.2. The average molecular weight is 310 g/mol. The number of amides is 2. The SMILES string of the molecule is C[C@H](CC(C)(C)c1ccccc1)NC(=O)NCC[S@@](C)=O. The van der Waals surface area contributed by atoms with Crippen LogP contribution in [0.3, 0.4) is 0 Å². The van der Waals surface area contributed by atoms with Gasteiger partial charge in [-0.3, -0.25) is 4.21 Å². The van der Waals surface area contributed by atoms with Crippen molar-refractivity contribution in [2.24, 2.45) is 0 Å². The molecule has 0 aliphatic heterocycles. The van der Waals surface area contributed by atoms with Gasteiger partial charge in [0.2, 0.25) is 0 Å². The number of hydrogen-bond acceptors (Lipinski definition) is 2. The van der Waals surface area contributed by atoms with Crippen LogP contribution >= 0.6 is 0 Å². The molecule has 0 heterocycles. The van der Waals surface area contributed by atoms with Gasteiger partial charge in [0, 0.05) is 35.4 Å². The van der Waals surface area contributed by atoms with E-state index in [1.54, 1.807) is 6.26 Å². The molecule has 0 aliphatic carbocycles. The van der Waals surface area contributed by atoms with Gasteiger partial charge < -0.3 is 10.6 Å². The summed E-state index contributed by atoms with van der Waals surface area (Å²) in [6, 6.07) is 10.2. The first-order valence-corrected chi connectivity index (χ1v) is 8.94. The summed E-state index contributed by atoms with van der Waals surface area (Å²) in [6.45, 7) is 6.79. The third kappa shape index (κ3) is 6.76. The highest BCUT2D eigenvalue weighted by Crippen LogP contribution is 2.27. The van der Waals surface area contributed by atoms with E-state index in [0.29, 0.717) is 12.3 Å². The molecule has 0 saturated heterocycles. The van der Waals surface area contributed by atoms with Gasteiger partial charge in [-0.05, 0) is 24.3 Å². The molecule has 1 aromatic carbocycles. The summed E-state index contributed by atoms with van der Waals surface area (Å²) in [4.78, 5) is 11.7. The Morgan fingerprint density at radius 2 is 1.90 bits per heavy atom. The van der Waals surface area contributed by atoms with Crippen LogP contribution in [0.25, 0.3) is 0 Å². The number of carbonyl (C=O) groups excluding carboxylic acids is 1. The Balaban J connectivity index is 2.44. The maximum absolute atomic E-state index is 11.7. The fraction of sp³-hybridized carbons (Fsp3) is 0.562. The molecule has 1 aromatic rings. The number of nitrogens with one attached hydrogen (secondary N) is 2. The molecule has 2 amide bonds. The molecule has 0 radical (unpaired) electrons. The normalized spacial score (nSPS) is 14.3. The topological polar surface area (TPSA) is 58.2 Å². The Labute approximate surface area is 130 Å². The number of urea groups is 1. The molecular weight excluding hydrogens is 284 g/mol. The van der Waals surface area contributed by atoms with Crippen molar-refractivity contribution < 1.29 is 9.00 Å². The van der Waals surface area contributed by atoms with Crippen molar-refractivity contribution in [2.45, 2.75) is 38.6 Å². The van der Waals surface area contributed by atoms with Crippen LogP contribution in [0, 0.1) is 0 Å². The van der Waals surface area contributed by atoms with Crippen LogP contribution in [0.15, 0.2) is 30.3 Å². The Bertz CT molecular complexity index is 474. The van der Waals surface area contributed by atoms with E-state index in [4.69, 9.17) is 0 Å². The fourth-order valence-electron chi connectivity index (χ4n) is 2.41. The lowest BCUT2D eigenvalue weighted by molar-refractivity contribution is 0.235. The van der Waals surface area contributed by atoms with Gasteiger partial charge >= 0.3 is 6.03 Å². The van der Waals surface area contributed by atoms with Gasteiger partial charge in [0.25, 0.3) is 0 Å². The van der Waals surface area contributed by atoms with Gasteiger partial charge in [0.05, 0.1) is 0 Å². The predicted molar refractivity (Wildman–Crippen MR) is 89.0 cm³/mol. The molecule has 0 saturated carbocycles. The molecule has 0 fully saturated rings. The van der Waals surface area contributed by atoms with Gasteiger partial charge in [-0.1, -0.05) is 44.2 Å².